The van der Waals surface area contributed by atoms with Crippen LogP contribution in [-0.4, -0.2) is 48.1 Å². The highest BCUT2D eigenvalue weighted by atomic mass is 19.1. The number of halogens is 2. The van der Waals surface area contributed by atoms with Gasteiger partial charge in [0, 0.05) is 59.8 Å². The van der Waals surface area contributed by atoms with Crippen molar-refractivity contribution in [2.75, 3.05) is 43.9 Å². The number of aromatic nitrogens is 2. The summed E-state index contributed by atoms with van der Waals surface area (Å²) in [6, 6.07) is 13.3. The second-order valence-electron chi connectivity index (χ2n) is 8.26. The van der Waals surface area contributed by atoms with Gasteiger partial charge in [0.05, 0.1) is 11.0 Å². The number of hydrogen-bond acceptors (Lipinski definition) is 5. The van der Waals surface area contributed by atoms with Gasteiger partial charge in [0.2, 0.25) is 0 Å². The number of nitrogens with zero attached hydrogens (tertiary/aromatic N) is 3. The number of pyridine rings is 2. The van der Waals surface area contributed by atoms with E-state index in [0.717, 1.165) is 67.6 Å². The lowest BCUT2D eigenvalue weighted by atomic mass is 10.2. The number of rotatable bonds is 11. The zero-order chi connectivity index (χ0) is 23.0. The molecule has 0 fully saturated rings. The van der Waals surface area contributed by atoms with Gasteiger partial charge >= 0.3 is 0 Å². The highest BCUT2D eigenvalue weighted by molar-refractivity contribution is 5.91. The Kier molecular flexibility index (Phi) is 7.62. The second-order valence-corrected chi connectivity index (χ2v) is 8.26. The van der Waals surface area contributed by atoms with Crippen molar-refractivity contribution in [3.8, 4) is 0 Å². The molecule has 4 rings (SSSR count). The van der Waals surface area contributed by atoms with Gasteiger partial charge in [0.1, 0.15) is 11.6 Å². The average molecular weight is 450 g/mol. The predicted molar refractivity (Wildman–Crippen MR) is 132 cm³/mol. The van der Waals surface area contributed by atoms with E-state index in [-0.39, 0.29) is 11.6 Å². The minimum Gasteiger partial charge on any atom is -0.384 e. The quantitative estimate of drug-likeness (QED) is 0.288. The summed E-state index contributed by atoms with van der Waals surface area (Å²) in [6.07, 6.45) is 6.57. The Morgan fingerprint density at radius 2 is 1.21 bits per heavy atom. The number of hydrogen-bond donors (Lipinski definition) is 2. The molecule has 2 aromatic heterocycles. The van der Waals surface area contributed by atoms with Crippen LogP contribution in [0.4, 0.5) is 20.2 Å². The van der Waals surface area contributed by atoms with Gasteiger partial charge in [0.25, 0.3) is 0 Å². The molecule has 0 spiro atoms. The molecule has 0 saturated heterocycles. The minimum atomic E-state index is -0.270. The summed E-state index contributed by atoms with van der Waals surface area (Å²) in [5, 5.41) is 8.77. The molecule has 0 aliphatic rings. The summed E-state index contributed by atoms with van der Waals surface area (Å²) >= 11 is 0. The number of unbranched alkanes of at least 4 members (excludes halogenated alkanes) is 1. The zero-order valence-corrected chi connectivity index (χ0v) is 18.8. The molecular weight excluding hydrogens is 420 g/mol. The first-order chi connectivity index (χ1) is 16.1. The van der Waals surface area contributed by atoms with E-state index in [1.165, 1.54) is 24.3 Å². The Hall–Kier alpha value is -3.32. The molecule has 0 bridgehead atoms. The third-order valence-electron chi connectivity index (χ3n) is 5.72. The molecule has 0 saturated carbocycles. The highest BCUT2D eigenvalue weighted by Crippen LogP contribution is 2.23. The highest BCUT2D eigenvalue weighted by Gasteiger charge is 2.05. The van der Waals surface area contributed by atoms with Gasteiger partial charge < -0.3 is 15.5 Å². The number of fused-ring (bicyclic) bond motifs is 2. The fourth-order valence-electron chi connectivity index (χ4n) is 3.96. The Bertz CT molecular complexity index is 1210. The Labute approximate surface area is 192 Å². The molecule has 2 aromatic carbocycles. The van der Waals surface area contributed by atoms with Crippen LogP contribution in [0.15, 0.2) is 60.9 Å². The minimum absolute atomic E-state index is 0.269. The fourth-order valence-corrected chi connectivity index (χ4v) is 3.96. The van der Waals surface area contributed by atoms with Crippen LogP contribution < -0.4 is 10.6 Å². The molecule has 0 unspecified atom stereocenters. The van der Waals surface area contributed by atoms with Crippen LogP contribution in [0.2, 0.25) is 0 Å². The molecule has 7 heteroatoms. The van der Waals surface area contributed by atoms with Gasteiger partial charge in [-0.1, -0.05) is 0 Å². The largest absolute Gasteiger partial charge is 0.384 e. The van der Waals surface area contributed by atoms with Crippen LogP contribution >= 0.6 is 0 Å². The standard InChI is InChI=1S/C26H29F2N5/c1-33(16-4-12-30-24-10-14-32-26-18-20(28)6-8-22(24)26)15-3-2-11-29-23-9-13-31-25-17-19(27)5-7-21(23)25/h5-10,13-14,17-18H,2-4,11-12,15-16H2,1H3,(H,29,31)(H,30,32). The third kappa shape index (κ3) is 6.14. The lowest BCUT2D eigenvalue weighted by Crippen LogP contribution is -2.23. The van der Waals surface area contributed by atoms with E-state index < -0.39 is 0 Å². The lowest BCUT2D eigenvalue weighted by molar-refractivity contribution is 0.326. The molecular formula is C26H29F2N5. The van der Waals surface area contributed by atoms with Crippen molar-refractivity contribution in [1.29, 1.82) is 0 Å². The topological polar surface area (TPSA) is 53.1 Å². The van der Waals surface area contributed by atoms with Crippen LogP contribution in [0.5, 0.6) is 0 Å². The summed E-state index contributed by atoms with van der Waals surface area (Å²) in [6.45, 7) is 3.74. The summed E-state index contributed by atoms with van der Waals surface area (Å²) in [5.41, 5.74) is 3.31. The predicted octanol–water partition coefficient (Wildman–Crippen LogP) is 5.69. The van der Waals surface area contributed by atoms with Crippen molar-refractivity contribution in [2.45, 2.75) is 19.3 Å². The van der Waals surface area contributed by atoms with Gasteiger partial charge in [-0.3, -0.25) is 9.97 Å². The second kappa shape index (κ2) is 11.0. The van der Waals surface area contributed by atoms with Crippen LogP contribution in [-0.2, 0) is 0 Å². The first-order valence-electron chi connectivity index (χ1n) is 11.3. The average Bonchev–Trinajstić information content (AvgIpc) is 2.81. The molecule has 0 radical (unpaired) electrons. The summed E-state index contributed by atoms with van der Waals surface area (Å²) in [5.74, 6) is -0.539. The van der Waals surface area contributed by atoms with Crippen molar-refractivity contribution in [3.63, 3.8) is 0 Å². The molecule has 4 aromatic rings. The SMILES string of the molecule is CN(CCCCNc1ccnc2cc(F)ccc12)CCCNc1ccnc2cc(F)ccc12. The van der Waals surface area contributed by atoms with Gasteiger partial charge in [-0.2, -0.15) is 0 Å². The molecule has 0 aliphatic carbocycles. The number of nitrogens with one attached hydrogen (secondary N) is 2. The molecule has 0 aliphatic heterocycles. The van der Waals surface area contributed by atoms with Crippen LogP contribution in [0.1, 0.15) is 19.3 Å². The van der Waals surface area contributed by atoms with E-state index in [1.54, 1.807) is 24.5 Å². The monoisotopic (exact) mass is 449 g/mol. The van der Waals surface area contributed by atoms with E-state index in [9.17, 15) is 8.78 Å². The van der Waals surface area contributed by atoms with E-state index in [4.69, 9.17) is 0 Å². The summed E-state index contributed by atoms with van der Waals surface area (Å²) < 4.78 is 26.8. The van der Waals surface area contributed by atoms with Gasteiger partial charge in [-0.15, -0.1) is 0 Å². The lowest BCUT2D eigenvalue weighted by Gasteiger charge is -2.17. The first-order valence-corrected chi connectivity index (χ1v) is 11.3. The molecule has 5 nitrogen and oxygen atoms in total. The van der Waals surface area contributed by atoms with Crippen molar-refractivity contribution in [2.24, 2.45) is 0 Å². The fraction of sp³-hybridized carbons (Fsp3) is 0.308. The van der Waals surface area contributed by atoms with Crippen molar-refractivity contribution < 1.29 is 8.78 Å². The van der Waals surface area contributed by atoms with Crippen molar-refractivity contribution in [3.05, 3.63) is 72.6 Å². The normalized spacial score (nSPS) is 11.4. The molecule has 0 amide bonds. The summed E-state index contributed by atoms with van der Waals surface area (Å²) in [4.78, 5) is 10.8. The molecule has 33 heavy (non-hydrogen) atoms. The van der Waals surface area contributed by atoms with Crippen LogP contribution in [0, 0.1) is 11.6 Å². The zero-order valence-electron chi connectivity index (χ0n) is 18.8. The smallest absolute Gasteiger partial charge is 0.125 e. The van der Waals surface area contributed by atoms with Gasteiger partial charge in [0.15, 0.2) is 0 Å². The molecule has 0 atom stereocenters. The summed E-state index contributed by atoms with van der Waals surface area (Å²) in [7, 11) is 2.14. The maximum Gasteiger partial charge on any atom is 0.125 e. The van der Waals surface area contributed by atoms with E-state index in [1.807, 2.05) is 12.1 Å². The maximum absolute atomic E-state index is 13.4. The number of benzene rings is 2. The number of anilines is 2. The van der Waals surface area contributed by atoms with Crippen molar-refractivity contribution in [1.82, 2.24) is 14.9 Å². The Morgan fingerprint density at radius 3 is 1.79 bits per heavy atom. The van der Waals surface area contributed by atoms with Gasteiger partial charge in [-0.05, 0) is 75.8 Å². The Balaban J connectivity index is 1.14. The van der Waals surface area contributed by atoms with Crippen molar-refractivity contribution >= 4 is 33.2 Å². The van der Waals surface area contributed by atoms with Gasteiger partial charge in [-0.25, -0.2) is 8.78 Å². The first kappa shape index (κ1) is 22.9. The van der Waals surface area contributed by atoms with E-state index in [2.05, 4.69) is 32.5 Å². The molecule has 2 N–H and O–H groups in total. The van der Waals surface area contributed by atoms with E-state index in [0.29, 0.717) is 11.0 Å². The van der Waals surface area contributed by atoms with Crippen LogP contribution in [0.3, 0.4) is 0 Å². The molecule has 2 heterocycles. The third-order valence-corrected chi connectivity index (χ3v) is 5.72. The molecule has 172 valence electrons. The Morgan fingerprint density at radius 1 is 0.697 bits per heavy atom. The van der Waals surface area contributed by atoms with Crippen LogP contribution in [0.25, 0.3) is 21.8 Å². The maximum atomic E-state index is 13.4. The van der Waals surface area contributed by atoms with E-state index >= 15 is 0 Å².